The number of thioether (sulfide) groups is 1. The molecule has 27 heavy (non-hydrogen) atoms. The van der Waals surface area contributed by atoms with E-state index in [1.165, 1.54) is 11.8 Å². The maximum absolute atomic E-state index is 13.0. The smallest absolute Gasteiger partial charge is 0.277 e. The number of hydrogen-bond donors (Lipinski definition) is 0. The zero-order valence-corrected chi connectivity index (χ0v) is 17.0. The summed E-state index contributed by atoms with van der Waals surface area (Å²) in [6, 6.07) is 9.54. The summed E-state index contributed by atoms with van der Waals surface area (Å²) in [5, 5.41) is 8.99. The van der Waals surface area contributed by atoms with Gasteiger partial charge >= 0.3 is 0 Å². The standard InChI is InChI=1S/C20H20ClN3O2S/c1-11-10-17(12(2)24(11)16-8-6-15(21)7-9-16)18(25)13(3)27-20-23-22-19(26-20)14-4-5-14/h6-10,13-14H,4-5H2,1-3H3/t13-/m0/s1. The Hall–Kier alpha value is -2.05. The molecule has 140 valence electrons. The summed E-state index contributed by atoms with van der Waals surface area (Å²) in [6.45, 7) is 5.84. The van der Waals surface area contributed by atoms with Crippen LogP contribution in [0.25, 0.3) is 5.69 Å². The average molecular weight is 402 g/mol. The number of halogens is 1. The molecule has 0 saturated heterocycles. The lowest BCUT2D eigenvalue weighted by molar-refractivity contribution is 0.0993. The van der Waals surface area contributed by atoms with Gasteiger partial charge in [-0.3, -0.25) is 4.79 Å². The molecule has 1 atom stereocenters. The first-order valence-corrected chi connectivity index (χ1v) is 10.2. The van der Waals surface area contributed by atoms with E-state index in [9.17, 15) is 4.79 Å². The quantitative estimate of drug-likeness (QED) is 0.410. The molecule has 0 unspecified atom stereocenters. The van der Waals surface area contributed by atoms with Crippen LogP contribution in [0.1, 0.15) is 53.3 Å². The summed E-state index contributed by atoms with van der Waals surface area (Å²) in [6.07, 6.45) is 2.22. The highest BCUT2D eigenvalue weighted by Crippen LogP contribution is 2.40. The zero-order chi connectivity index (χ0) is 19.1. The Morgan fingerprint density at radius 2 is 1.96 bits per heavy atom. The van der Waals surface area contributed by atoms with Crippen molar-refractivity contribution in [2.45, 2.75) is 50.0 Å². The third kappa shape index (κ3) is 3.69. The summed E-state index contributed by atoms with van der Waals surface area (Å²) >= 11 is 7.31. The van der Waals surface area contributed by atoms with Gasteiger partial charge in [-0.25, -0.2) is 0 Å². The fourth-order valence-electron chi connectivity index (χ4n) is 3.19. The lowest BCUT2D eigenvalue weighted by Gasteiger charge is -2.11. The van der Waals surface area contributed by atoms with E-state index in [2.05, 4.69) is 14.8 Å². The first-order valence-electron chi connectivity index (χ1n) is 8.93. The van der Waals surface area contributed by atoms with Crippen molar-refractivity contribution in [1.29, 1.82) is 0 Å². The van der Waals surface area contributed by atoms with Crippen molar-refractivity contribution in [2.24, 2.45) is 0 Å². The molecule has 1 aromatic carbocycles. The number of carbonyl (C=O) groups is 1. The van der Waals surface area contributed by atoms with Crippen LogP contribution < -0.4 is 0 Å². The van der Waals surface area contributed by atoms with Gasteiger partial charge in [0.15, 0.2) is 5.78 Å². The number of hydrogen-bond acceptors (Lipinski definition) is 5. The van der Waals surface area contributed by atoms with Crippen molar-refractivity contribution in [3.63, 3.8) is 0 Å². The summed E-state index contributed by atoms with van der Waals surface area (Å²) < 4.78 is 7.74. The van der Waals surface area contributed by atoms with Crippen molar-refractivity contribution in [3.8, 4) is 5.69 Å². The third-order valence-corrected chi connectivity index (χ3v) is 5.96. The highest BCUT2D eigenvalue weighted by molar-refractivity contribution is 8.00. The topological polar surface area (TPSA) is 60.9 Å². The van der Waals surface area contributed by atoms with E-state index in [1.807, 2.05) is 51.1 Å². The number of carbonyl (C=O) groups excluding carboxylic acids is 1. The van der Waals surface area contributed by atoms with Gasteiger partial charge in [-0.05, 0) is 63.9 Å². The van der Waals surface area contributed by atoms with Crippen LogP contribution in [-0.4, -0.2) is 25.8 Å². The molecule has 3 aromatic rings. The first kappa shape index (κ1) is 18.3. The van der Waals surface area contributed by atoms with Gasteiger partial charge in [-0.2, -0.15) is 0 Å². The van der Waals surface area contributed by atoms with Crippen molar-refractivity contribution in [2.75, 3.05) is 0 Å². The molecule has 1 aliphatic rings. The molecule has 5 nitrogen and oxygen atoms in total. The first-order chi connectivity index (χ1) is 12.9. The summed E-state index contributed by atoms with van der Waals surface area (Å²) in [4.78, 5) is 13.0. The van der Waals surface area contributed by atoms with Crippen LogP contribution in [-0.2, 0) is 0 Å². The van der Waals surface area contributed by atoms with Gasteiger partial charge in [0.05, 0.1) is 5.25 Å². The van der Waals surface area contributed by atoms with Crippen LogP contribution >= 0.6 is 23.4 Å². The van der Waals surface area contributed by atoms with E-state index in [0.717, 1.165) is 29.9 Å². The SMILES string of the molecule is Cc1cc(C(=O)[C@H](C)Sc2nnc(C3CC3)o2)c(C)n1-c1ccc(Cl)cc1. The number of nitrogens with zero attached hydrogens (tertiary/aromatic N) is 3. The number of ketones is 1. The number of aromatic nitrogens is 3. The van der Waals surface area contributed by atoms with Crippen LogP contribution in [0, 0.1) is 13.8 Å². The minimum atomic E-state index is -0.309. The van der Waals surface area contributed by atoms with E-state index in [1.54, 1.807) is 0 Å². The van der Waals surface area contributed by atoms with E-state index >= 15 is 0 Å². The molecule has 2 aromatic heterocycles. The van der Waals surface area contributed by atoms with Crippen LogP contribution in [0.3, 0.4) is 0 Å². The molecule has 0 amide bonds. The largest absolute Gasteiger partial charge is 0.416 e. The Morgan fingerprint density at radius 1 is 1.26 bits per heavy atom. The highest BCUT2D eigenvalue weighted by Gasteiger charge is 2.30. The van der Waals surface area contributed by atoms with Gasteiger partial charge in [0, 0.05) is 33.6 Å². The Labute approximate surface area is 167 Å². The molecule has 0 radical (unpaired) electrons. The highest BCUT2D eigenvalue weighted by atomic mass is 35.5. The number of rotatable bonds is 6. The normalized spacial score (nSPS) is 15.1. The fraction of sp³-hybridized carbons (Fsp3) is 0.350. The van der Waals surface area contributed by atoms with Crippen molar-refractivity contribution < 1.29 is 9.21 Å². The van der Waals surface area contributed by atoms with Gasteiger partial charge in [0.1, 0.15) is 0 Å². The molecule has 0 N–H and O–H groups in total. The second kappa shape index (κ2) is 7.17. The molecular formula is C20H20ClN3O2S. The van der Waals surface area contributed by atoms with Gasteiger partial charge in [-0.1, -0.05) is 23.4 Å². The Kier molecular flexibility index (Phi) is 4.86. The predicted octanol–water partition coefficient (Wildman–Crippen LogP) is 5.37. The molecule has 4 rings (SSSR count). The predicted molar refractivity (Wildman–Crippen MR) is 106 cm³/mol. The molecule has 0 aliphatic heterocycles. The molecule has 7 heteroatoms. The molecule has 1 saturated carbocycles. The van der Waals surface area contributed by atoms with Crippen molar-refractivity contribution in [1.82, 2.24) is 14.8 Å². The van der Waals surface area contributed by atoms with E-state index in [-0.39, 0.29) is 11.0 Å². The number of benzene rings is 1. The Morgan fingerprint density at radius 3 is 2.63 bits per heavy atom. The van der Waals surface area contributed by atoms with Crippen LogP contribution in [0.15, 0.2) is 40.0 Å². The van der Waals surface area contributed by atoms with Crippen molar-refractivity contribution >= 4 is 29.1 Å². The van der Waals surface area contributed by atoms with E-state index in [4.69, 9.17) is 16.0 Å². The Balaban J connectivity index is 1.55. The summed E-state index contributed by atoms with van der Waals surface area (Å²) in [7, 11) is 0. The fourth-order valence-corrected chi connectivity index (χ4v) is 4.07. The van der Waals surface area contributed by atoms with Gasteiger partial charge in [0.2, 0.25) is 5.89 Å². The van der Waals surface area contributed by atoms with Crippen LogP contribution in [0.2, 0.25) is 5.02 Å². The minimum absolute atomic E-state index is 0.0551. The number of aryl methyl sites for hydroxylation is 1. The molecule has 1 fully saturated rings. The van der Waals surface area contributed by atoms with Gasteiger partial charge < -0.3 is 8.98 Å². The second-order valence-corrected chi connectivity index (χ2v) is 8.63. The molecule has 0 spiro atoms. The van der Waals surface area contributed by atoms with Gasteiger partial charge in [-0.15, -0.1) is 10.2 Å². The van der Waals surface area contributed by atoms with Gasteiger partial charge in [0.25, 0.3) is 5.22 Å². The summed E-state index contributed by atoms with van der Waals surface area (Å²) in [5.41, 5.74) is 3.62. The molecule has 1 aliphatic carbocycles. The zero-order valence-electron chi connectivity index (χ0n) is 15.4. The number of Topliss-reactive ketones (excluding diaryl/α,β-unsaturated/α-hetero) is 1. The molecule has 2 heterocycles. The monoisotopic (exact) mass is 401 g/mol. The summed E-state index contributed by atoms with van der Waals surface area (Å²) in [5.74, 6) is 1.16. The molecular weight excluding hydrogens is 382 g/mol. The lowest BCUT2D eigenvalue weighted by atomic mass is 10.1. The third-order valence-electron chi connectivity index (χ3n) is 4.78. The van der Waals surface area contributed by atoms with Crippen LogP contribution in [0.5, 0.6) is 0 Å². The minimum Gasteiger partial charge on any atom is -0.416 e. The van der Waals surface area contributed by atoms with E-state index < -0.39 is 0 Å². The average Bonchev–Trinajstić information content (AvgIpc) is 3.32. The van der Waals surface area contributed by atoms with E-state index in [0.29, 0.717) is 27.6 Å². The lowest BCUT2D eigenvalue weighted by Crippen LogP contribution is -2.14. The maximum atomic E-state index is 13.0. The Bertz CT molecular complexity index is 989. The van der Waals surface area contributed by atoms with Crippen molar-refractivity contribution in [3.05, 3.63) is 58.2 Å². The maximum Gasteiger partial charge on any atom is 0.277 e. The van der Waals surface area contributed by atoms with Crippen LogP contribution in [0.4, 0.5) is 0 Å². The molecule has 0 bridgehead atoms. The second-order valence-electron chi connectivity index (χ2n) is 6.90.